The lowest BCUT2D eigenvalue weighted by molar-refractivity contribution is 0.0216. The molecule has 1 saturated heterocycles. The van der Waals surface area contributed by atoms with Crippen LogP contribution in [0.25, 0.3) is 0 Å². The summed E-state index contributed by atoms with van der Waals surface area (Å²) in [6.07, 6.45) is 2.91. The standard InChI is InChI=1S/C29H37FN2O7/c1-36-27-25(33)19-21-20-26(27)37-17-4-7-22(39-29(35)23-8-2-3-9-24(23)30)10-14-32-12-5-11-31(15-16-32)13-6-18-38-28(21)34/h2-3,8-9,19-20,22,33H,4-7,10-18H2,1H3. The normalized spacial score (nSPS) is 23.2. The van der Waals surface area contributed by atoms with Crippen LogP contribution >= 0.6 is 0 Å². The molecule has 0 aliphatic carbocycles. The van der Waals surface area contributed by atoms with Crippen molar-refractivity contribution in [2.24, 2.45) is 0 Å². The van der Waals surface area contributed by atoms with Gasteiger partial charge in [0.05, 0.1) is 31.5 Å². The number of benzene rings is 2. The first-order chi connectivity index (χ1) is 18.9. The summed E-state index contributed by atoms with van der Waals surface area (Å²) in [5.74, 6) is -1.73. The highest BCUT2D eigenvalue weighted by Gasteiger charge is 2.22. The molecule has 2 aliphatic heterocycles. The number of hydrogen-bond acceptors (Lipinski definition) is 9. The average Bonchev–Trinajstić information content (AvgIpc) is 3.16. The molecule has 212 valence electrons. The Bertz CT molecular complexity index is 1130. The van der Waals surface area contributed by atoms with Gasteiger partial charge in [-0.05, 0) is 69.5 Å². The van der Waals surface area contributed by atoms with Gasteiger partial charge in [0.2, 0.25) is 5.75 Å². The maximum atomic E-state index is 14.2. The highest BCUT2D eigenvalue weighted by Crippen LogP contribution is 2.38. The molecule has 0 aromatic heterocycles. The monoisotopic (exact) mass is 544 g/mol. The van der Waals surface area contributed by atoms with Gasteiger partial charge in [-0.2, -0.15) is 0 Å². The molecule has 2 aromatic rings. The van der Waals surface area contributed by atoms with E-state index in [0.717, 1.165) is 45.7 Å². The van der Waals surface area contributed by atoms with Crippen molar-refractivity contribution in [3.8, 4) is 17.2 Å². The summed E-state index contributed by atoms with van der Waals surface area (Å²) in [6, 6.07) is 8.60. The van der Waals surface area contributed by atoms with Gasteiger partial charge in [0.1, 0.15) is 11.9 Å². The number of carbonyl (C=O) groups is 2. The van der Waals surface area contributed by atoms with E-state index >= 15 is 0 Å². The van der Waals surface area contributed by atoms with Crippen molar-refractivity contribution in [2.75, 3.05) is 59.6 Å². The number of phenols is 1. The number of esters is 2. The summed E-state index contributed by atoms with van der Waals surface area (Å²) in [7, 11) is 1.40. The molecule has 1 N–H and O–H groups in total. The highest BCUT2D eigenvalue weighted by molar-refractivity contribution is 5.91. The molecular formula is C29H37FN2O7. The summed E-state index contributed by atoms with van der Waals surface area (Å²) < 4.78 is 36.6. The zero-order valence-electron chi connectivity index (χ0n) is 22.4. The predicted octanol–water partition coefficient (Wildman–Crippen LogP) is 3.88. The predicted molar refractivity (Wildman–Crippen MR) is 142 cm³/mol. The molecule has 2 aromatic carbocycles. The number of aromatic hydroxyl groups is 1. The SMILES string of the molecule is COc1c(O)cc2cc1OCCCC(OC(=O)c1ccccc1F)CCN1CCCN(CCCOC2=O)CC1. The molecule has 0 spiro atoms. The molecule has 2 heterocycles. The van der Waals surface area contributed by atoms with E-state index in [1.165, 1.54) is 37.4 Å². The molecule has 1 fully saturated rings. The topological polar surface area (TPSA) is 97.8 Å². The van der Waals surface area contributed by atoms with Crippen molar-refractivity contribution < 1.29 is 38.0 Å². The largest absolute Gasteiger partial charge is 0.504 e. The van der Waals surface area contributed by atoms with Gasteiger partial charge in [0.25, 0.3) is 0 Å². The minimum atomic E-state index is -0.683. The Balaban J connectivity index is 1.50. The van der Waals surface area contributed by atoms with Crippen LogP contribution in [0.15, 0.2) is 36.4 Å². The first kappa shape index (κ1) is 28.6. The van der Waals surface area contributed by atoms with Crippen molar-refractivity contribution in [1.82, 2.24) is 9.80 Å². The zero-order valence-corrected chi connectivity index (χ0v) is 22.4. The Labute approximate surface area is 228 Å². The summed E-state index contributed by atoms with van der Waals surface area (Å²) in [4.78, 5) is 30.2. The third-order valence-corrected chi connectivity index (χ3v) is 7.07. The fourth-order valence-corrected chi connectivity index (χ4v) is 4.95. The number of fused-ring (bicyclic) bond motifs is 5. The van der Waals surface area contributed by atoms with Crippen molar-refractivity contribution in [3.63, 3.8) is 0 Å². The number of phenolic OH excluding ortho intramolecular Hbond substituents is 1. The Morgan fingerprint density at radius 1 is 0.949 bits per heavy atom. The molecule has 2 aliphatic rings. The minimum Gasteiger partial charge on any atom is -0.504 e. The molecule has 10 heteroatoms. The average molecular weight is 545 g/mol. The van der Waals surface area contributed by atoms with Gasteiger partial charge in [0, 0.05) is 26.2 Å². The van der Waals surface area contributed by atoms with Crippen molar-refractivity contribution in [1.29, 1.82) is 0 Å². The van der Waals surface area contributed by atoms with Crippen LogP contribution in [0.3, 0.4) is 0 Å². The van der Waals surface area contributed by atoms with Crippen LogP contribution in [-0.4, -0.2) is 92.5 Å². The first-order valence-electron chi connectivity index (χ1n) is 13.6. The van der Waals surface area contributed by atoms with Crippen LogP contribution in [0.2, 0.25) is 0 Å². The molecule has 3 atom stereocenters. The molecular weight excluding hydrogens is 507 g/mol. The lowest BCUT2D eigenvalue weighted by Gasteiger charge is -2.24. The van der Waals surface area contributed by atoms with Gasteiger partial charge in [-0.15, -0.1) is 0 Å². The maximum Gasteiger partial charge on any atom is 0.341 e. The zero-order chi connectivity index (χ0) is 27.6. The van der Waals surface area contributed by atoms with E-state index in [1.807, 2.05) is 0 Å². The van der Waals surface area contributed by atoms with E-state index in [-0.39, 0.29) is 41.6 Å². The second-order valence-electron chi connectivity index (χ2n) is 9.84. The smallest absolute Gasteiger partial charge is 0.341 e. The number of rotatable bonds is 3. The van der Waals surface area contributed by atoms with Crippen molar-refractivity contribution >= 4 is 11.9 Å². The number of nitrogens with zero attached hydrogens (tertiary/aromatic N) is 2. The number of halogens is 1. The third kappa shape index (κ3) is 8.06. The summed E-state index contributed by atoms with van der Waals surface area (Å²) in [5, 5.41) is 10.4. The molecule has 4 rings (SSSR count). The van der Waals surface area contributed by atoms with Gasteiger partial charge in [-0.25, -0.2) is 14.0 Å². The number of ether oxygens (including phenoxy) is 4. The molecule has 0 radical (unpaired) electrons. The van der Waals surface area contributed by atoms with Crippen LogP contribution in [0.5, 0.6) is 17.2 Å². The fraction of sp³-hybridized carbons (Fsp3) is 0.517. The van der Waals surface area contributed by atoms with E-state index in [4.69, 9.17) is 18.9 Å². The lowest BCUT2D eigenvalue weighted by Crippen LogP contribution is -2.34. The van der Waals surface area contributed by atoms with Gasteiger partial charge in [0.15, 0.2) is 11.5 Å². The maximum absolute atomic E-state index is 14.2. The summed E-state index contributed by atoms with van der Waals surface area (Å²) >= 11 is 0. The summed E-state index contributed by atoms with van der Waals surface area (Å²) in [5.41, 5.74) is 0.0851. The number of hydrogen-bond donors (Lipinski definition) is 1. The Hall–Kier alpha value is -3.37. The fourth-order valence-electron chi connectivity index (χ4n) is 4.95. The quantitative estimate of drug-likeness (QED) is 0.578. The van der Waals surface area contributed by atoms with Crippen molar-refractivity contribution in [3.05, 3.63) is 53.3 Å². The van der Waals surface area contributed by atoms with Crippen LogP contribution in [0.4, 0.5) is 4.39 Å². The second-order valence-corrected chi connectivity index (χ2v) is 9.84. The summed E-state index contributed by atoms with van der Waals surface area (Å²) in [6.45, 7) is 5.76. The Kier molecular flexibility index (Phi) is 10.4. The second kappa shape index (κ2) is 14.1. The third-order valence-electron chi connectivity index (χ3n) is 7.07. The van der Waals surface area contributed by atoms with E-state index in [0.29, 0.717) is 25.7 Å². The van der Waals surface area contributed by atoms with E-state index < -0.39 is 23.9 Å². The van der Waals surface area contributed by atoms with Gasteiger partial charge in [-0.1, -0.05) is 12.1 Å². The Morgan fingerprint density at radius 3 is 2.44 bits per heavy atom. The van der Waals surface area contributed by atoms with E-state index in [2.05, 4.69) is 9.80 Å². The van der Waals surface area contributed by atoms with Crippen LogP contribution in [0.1, 0.15) is 52.8 Å². The van der Waals surface area contributed by atoms with Crippen LogP contribution < -0.4 is 9.47 Å². The number of methoxy groups -OCH3 is 1. The Morgan fingerprint density at radius 2 is 1.67 bits per heavy atom. The lowest BCUT2D eigenvalue weighted by atomic mass is 10.1. The van der Waals surface area contributed by atoms with Crippen LogP contribution in [0, 0.1) is 5.82 Å². The minimum absolute atomic E-state index is 0.0846. The van der Waals surface area contributed by atoms with Crippen LogP contribution in [-0.2, 0) is 9.47 Å². The first-order valence-corrected chi connectivity index (χ1v) is 13.6. The highest BCUT2D eigenvalue weighted by atomic mass is 19.1. The number of carbonyl (C=O) groups excluding carboxylic acids is 2. The molecule has 39 heavy (non-hydrogen) atoms. The molecule has 0 amide bonds. The van der Waals surface area contributed by atoms with Gasteiger partial charge < -0.3 is 33.9 Å². The van der Waals surface area contributed by atoms with Gasteiger partial charge in [-0.3, -0.25) is 0 Å². The molecule has 4 bridgehead atoms. The molecule has 3 unspecified atom stereocenters. The molecule has 9 nitrogen and oxygen atoms in total. The number of cyclic esters (lactones) is 1. The van der Waals surface area contributed by atoms with Crippen molar-refractivity contribution in [2.45, 2.75) is 38.2 Å². The van der Waals surface area contributed by atoms with Gasteiger partial charge >= 0.3 is 11.9 Å². The van der Waals surface area contributed by atoms with E-state index in [1.54, 1.807) is 6.07 Å². The molecule has 0 saturated carbocycles. The van der Waals surface area contributed by atoms with E-state index in [9.17, 15) is 19.1 Å².